The van der Waals surface area contributed by atoms with Crippen molar-refractivity contribution in [1.29, 1.82) is 10.5 Å². The zero-order valence-corrected chi connectivity index (χ0v) is 16.4. The van der Waals surface area contributed by atoms with Gasteiger partial charge in [0.25, 0.3) is 0 Å². The molecule has 29 heavy (non-hydrogen) atoms. The summed E-state index contributed by atoms with van der Waals surface area (Å²) in [7, 11) is 1.96. The van der Waals surface area contributed by atoms with E-state index in [-0.39, 0.29) is 6.17 Å². The van der Waals surface area contributed by atoms with Crippen molar-refractivity contribution in [3.63, 3.8) is 0 Å². The van der Waals surface area contributed by atoms with Crippen molar-refractivity contribution < 1.29 is 4.42 Å². The molecule has 3 aromatic carbocycles. The molecule has 140 valence electrons. The molecule has 4 aromatic rings. The summed E-state index contributed by atoms with van der Waals surface area (Å²) in [6, 6.07) is 20.3. The van der Waals surface area contributed by atoms with Gasteiger partial charge in [-0.2, -0.15) is 10.5 Å². The fourth-order valence-corrected chi connectivity index (χ4v) is 4.38. The molecule has 0 amide bonds. The highest BCUT2D eigenvalue weighted by Gasteiger charge is 2.36. The van der Waals surface area contributed by atoms with Gasteiger partial charge in [-0.25, -0.2) is 0 Å². The summed E-state index contributed by atoms with van der Waals surface area (Å²) >= 11 is 0. The first-order valence-corrected chi connectivity index (χ1v) is 9.47. The van der Waals surface area contributed by atoms with Crippen LogP contribution in [0.3, 0.4) is 0 Å². The molecule has 1 aliphatic heterocycles. The first-order valence-electron chi connectivity index (χ1n) is 9.47. The number of hydrogen-bond donors (Lipinski definition) is 0. The number of rotatable bonds is 1. The van der Waals surface area contributed by atoms with Crippen molar-refractivity contribution in [3.05, 3.63) is 65.2 Å². The normalized spacial score (nSPS) is 15.6. The lowest BCUT2D eigenvalue weighted by Gasteiger charge is -2.29. The van der Waals surface area contributed by atoms with Gasteiger partial charge < -0.3 is 14.2 Å². The van der Waals surface area contributed by atoms with Gasteiger partial charge in [0.15, 0.2) is 5.58 Å². The van der Waals surface area contributed by atoms with E-state index in [1.807, 2.05) is 31.3 Å². The quantitative estimate of drug-likeness (QED) is 0.433. The minimum atomic E-state index is -0.0384. The van der Waals surface area contributed by atoms with Crippen molar-refractivity contribution in [3.8, 4) is 12.1 Å². The smallest absolute Gasteiger partial charge is 0.159 e. The number of fused-ring (bicyclic) bond motifs is 4. The maximum Gasteiger partial charge on any atom is 0.159 e. The lowest BCUT2D eigenvalue weighted by Crippen LogP contribution is -2.36. The van der Waals surface area contributed by atoms with Crippen LogP contribution in [0.1, 0.15) is 23.6 Å². The molecule has 0 spiro atoms. The number of aryl methyl sites for hydroxylation is 1. The molecule has 0 fully saturated rings. The van der Waals surface area contributed by atoms with Crippen molar-refractivity contribution in [2.75, 3.05) is 16.8 Å². The Balaban J connectivity index is 1.85. The molecule has 1 aliphatic rings. The summed E-state index contributed by atoms with van der Waals surface area (Å²) < 4.78 is 6.30. The topological polar surface area (TPSA) is 67.2 Å². The van der Waals surface area contributed by atoms with Crippen LogP contribution in [0, 0.1) is 29.6 Å². The molecule has 1 aromatic heterocycles. The number of furan rings is 1. The zero-order chi connectivity index (χ0) is 20.3. The minimum Gasteiger partial charge on any atom is -0.454 e. The second kappa shape index (κ2) is 6.02. The van der Waals surface area contributed by atoms with Crippen molar-refractivity contribution >= 4 is 39.0 Å². The SMILES string of the molecule is Cc1ccc2c(oc3ccccc32)c1N1c2ccc(C#N)c(C#N)c2N(C)[C@@H]1C. The average molecular weight is 378 g/mol. The molecular formula is C24H18N4O. The van der Waals surface area contributed by atoms with Crippen LogP contribution in [-0.4, -0.2) is 13.2 Å². The first-order chi connectivity index (χ1) is 14.1. The Morgan fingerprint density at radius 2 is 1.72 bits per heavy atom. The lowest BCUT2D eigenvalue weighted by molar-refractivity contribution is 0.661. The first kappa shape index (κ1) is 17.2. The Hall–Kier alpha value is -3.96. The average Bonchev–Trinajstić information content (AvgIpc) is 3.23. The van der Waals surface area contributed by atoms with E-state index in [0.29, 0.717) is 11.1 Å². The third-order valence-electron chi connectivity index (χ3n) is 5.90. The summed E-state index contributed by atoms with van der Waals surface area (Å²) in [5.74, 6) is 0. The van der Waals surface area contributed by atoms with Crippen LogP contribution >= 0.6 is 0 Å². The van der Waals surface area contributed by atoms with Gasteiger partial charge in [0, 0.05) is 17.8 Å². The molecule has 2 heterocycles. The maximum atomic E-state index is 9.73. The predicted octanol–water partition coefficient (Wildman–Crippen LogP) is 5.57. The van der Waals surface area contributed by atoms with Gasteiger partial charge in [-0.05, 0) is 37.6 Å². The van der Waals surface area contributed by atoms with E-state index in [9.17, 15) is 10.5 Å². The van der Waals surface area contributed by atoms with Gasteiger partial charge in [-0.3, -0.25) is 0 Å². The second-order valence-electron chi connectivity index (χ2n) is 7.40. The molecule has 0 N–H and O–H groups in total. The Morgan fingerprint density at radius 1 is 0.931 bits per heavy atom. The number of benzene rings is 3. The van der Waals surface area contributed by atoms with E-state index >= 15 is 0 Å². The molecule has 0 unspecified atom stereocenters. The monoisotopic (exact) mass is 378 g/mol. The van der Waals surface area contributed by atoms with Gasteiger partial charge in [-0.15, -0.1) is 0 Å². The molecule has 1 atom stereocenters. The molecule has 5 nitrogen and oxygen atoms in total. The second-order valence-corrected chi connectivity index (χ2v) is 7.40. The molecule has 0 aliphatic carbocycles. The van der Waals surface area contributed by atoms with Crippen molar-refractivity contribution in [2.45, 2.75) is 20.0 Å². The van der Waals surface area contributed by atoms with Crippen molar-refractivity contribution in [2.24, 2.45) is 0 Å². The Bertz CT molecular complexity index is 1390. The number of anilines is 3. The number of nitriles is 2. The highest BCUT2D eigenvalue weighted by molar-refractivity contribution is 6.11. The van der Waals surface area contributed by atoms with Crippen LogP contribution in [0.15, 0.2) is 52.9 Å². The van der Waals surface area contributed by atoms with Crippen LogP contribution in [0.25, 0.3) is 21.9 Å². The van der Waals surface area contributed by atoms with Gasteiger partial charge in [0.2, 0.25) is 0 Å². The van der Waals surface area contributed by atoms with E-state index in [0.717, 1.165) is 44.6 Å². The summed E-state index contributed by atoms with van der Waals surface area (Å²) in [6.45, 7) is 4.16. The van der Waals surface area contributed by atoms with Crippen molar-refractivity contribution in [1.82, 2.24) is 0 Å². The molecule has 0 bridgehead atoms. The standard InChI is InChI=1S/C24H18N4O/c1-14-8-10-18-17-6-4-5-7-21(17)29-24(18)22(14)28-15(2)27(3)23-19(13-26)16(12-25)9-11-20(23)28/h4-11,15H,1-3H3/t15-/m0/s1. The van der Waals surface area contributed by atoms with E-state index in [2.05, 4.69) is 54.0 Å². The Kier molecular flexibility index (Phi) is 3.56. The predicted molar refractivity (Wildman–Crippen MR) is 114 cm³/mol. The molecule has 0 saturated carbocycles. The van der Waals surface area contributed by atoms with E-state index in [4.69, 9.17) is 4.42 Å². The van der Waals surface area contributed by atoms with Gasteiger partial charge in [0.05, 0.1) is 28.2 Å². The molecule has 5 rings (SSSR count). The summed E-state index contributed by atoms with van der Waals surface area (Å²) in [4.78, 5) is 4.26. The van der Waals surface area contributed by atoms with E-state index < -0.39 is 0 Å². The van der Waals surface area contributed by atoms with E-state index in [1.54, 1.807) is 6.07 Å². The van der Waals surface area contributed by atoms with Gasteiger partial charge in [-0.1, -0.05) is 30.3 Å². The van der Waals surface area contributed by atoms with Gasteiger partial charge >= 0.3 is 0 Å². The number of hydrogen-bond acceptors (Lipinski definition) is 5. The summed E-state index contributed by atoms with van der Waals surface area (Å²) in [6.07, 6.45) is -0.0384. The highest BCUT2D eigenvalue weighted by atomic mass is 16.3. The van der Waals surface area contributed by atoms with Crippen LogP contribution in [0.2, 0.25) is 0 Å². The third kappa shape index (κ3) is 2.19. The van der Waals surface area contributed by atoms with Crippen LogP contribution in [0.5, 0.6) is 0 Å². The van der Waals surface area contributed by atoms with Gasteiger partial charge in [0.1, 0.15) is 23.9 Å². The molecule has 0 saturated heterocycles. The van der Waals surface area contributed by atoms with Crippen LogP contribution < -0.4 is 9.80 Å². The largest absolute Gasteiger partial charge is 0.454 e. The molecule has 5 heteroatoms. The zero-order valence-electron chi connectivity index (χ0n) is 16.4. The number of nitrogens with zero attached hydrogens (tertiary/aromatic N) is 4. The van der Waals surface area contributed by atoms with E-state index in [1.165, 1.54) is 0 Å². The Morgan fingerprint density at radius 3 is 2.48 bits per heavy atom. The fourth-order valence-electron chi connectivity index (χ4n) is 4.38. The Labute approximate surface area is 168 Å². The van der Waals surface area contributed by atoms with Crippen LogP contribution in [-0.2, 0) is 0 Å². The van der Waals surface area contributed by atoms with Crippen LogP contribution in [0.4, 0.5) is 17.1 Å². The summed E-state index contributed by atoms with van der Waals surface area (Å²) in [5.41, 5.74) is 6.27. The lowest BCUT2D eigenvalue weighted by atomic mass is 10.0. The molecular weight excluding hydrogens is 360 g/mol. The maximum absolute atomic E-state index is 9.73. The fraction of sp³-hybridized carbons (Fsp3) is 0.167. The third-order valence-corrected chi connectivity index (χ3v) is 5.90. The minimum absolute atomic E-state index is 0.0384. The summed E-state index contributed by atoms with van der Waals surface area (Å²) in [5, 5.41) is 21.3. The molecule has 0 radical (unpaired) electrons. The highest BCUT2D eigenvalue weighted by Crippen LogP contribution is 2.49. The number of para-hydroxylation sites is 1.